The summed E-state index contributed by atoms with van der Waals surface area (Å²) in [7, 11) is 0. The van der Waals surface area contributed by atoms with Crippen LogP contribution in [0.25, 0.3) is 10.9 Å². The maximum absolute atomic E-state index is 12.2. The summed E-state index contributed by atoms with van der Waals surface area (Å²) in [6.45, 7) is 2.66. The second kappa shape index (κ2) is 10.4. The van der Waals surface area contributed by atoms with E-state index in [1.807, 2.05) is 36.5 Å². The maximum Gasteiger partial charge on any atom is 0.286 e. The zero-order valence-corrected chi connectivity index (χ0v) is 19.2. The molecule has 9 heteroatoms. The Morgan fingerprint density at radius 1 is 1.12 bits per heavy atom. The Kier molecular flexibility index (Phi) is 7.18. The van der Waals surface area contributed by atoms with Gasteiger partial charge in [-0.3, -0.25) is 9.59 Å². The number of nitrogens with zero attached hydrogens (tertiary/aromatic N) is 2. The number of aryl methyl sites for hydroxylation is 1. The van der Waals surface area contributed by atoms with Crippen molar-refractivity contribution in [1.82, 2.24) is 20.5 Å². The van der Waals surface area contributed by atoms with E-state index in [0.29, 0.717) is 28.7 Å². The minimum absolute atomic E-state index is 0.0161. The molecule has 0 atom stereocenters. The number of carbonyl (C=O) groups is 2. The van der Waals surface area contributed by atoms with E-state index in [9.17, 15) is 9.59 Å². The SMILES string of the molecule is Cc1ccc2[nH]cc(CCNC(=O)CSCc3nnc(C(=O)Nc4ccccc4)s3)c2c1. The molecule has 0 aliphatic rings. The van der Waals surface area contributed by atoms with Crippen molar-refractivity contribution in [3.63, 3.8) is 0 Å². The average Bonchev–Trinajstić information content (AvgIpc) is 3.42. The molecule has 7 nitrogen and oxygen atoms in total. The Hall–Kier alpha value is -3.17. The van der Waals surface area contributed by atoms with E-state index >= 15 is 0 Å². The number of para-hydroxylation sites is 1. The Morgan fingerprint density at radius 2 is 1.97 bits per heavy atom. The molecule has 0 aliphatic heterocycles. The van der Waals surface area contributed by atoms with Gasteiger partial charge in [-0.2, -0.15) is 0 Å². The number of aromatic amines is 1. The van der Waals surface area contributed by atoms with Gasteiger partial charge in [0.15, 0.2) is 0 Å². The lowest BCUT2D eigenvalue weighted by Crippen LogP contribution is -2.27. The van der Waals surface area contributed by atoms with E-state index in [2.05, 4.69) is 50.9 Å². The van der Waals surface area contributed by atoms with Crippen LogP contribution < -0.4 is 10.6 Å². The first-order chi connectivity index (χ1) is 15.6. The van der Waals surface area contributed by atoms with E-state index in [4.69, 9.17) is 0 Å². The Bertz CT molecular complexity index is 1220. The molecular weight excluding hydrogens is 442 g/mol. The minimum Gasteiger partial charge on any atom is -0.361 e. The molecule has 0 saturated carbocycles. The first-order valence-electron chi connectivity index (χ1n) is 10.2. The van der Waals surface area contributed by atoms with Crippen LogP contribution in [-0.4, -0.2) is 39.3 Å². The average molecular weight is 466 g/mol. The monoisotopic (exact) mass is 465 g/mol. The number of fused-ring (bicyclic) bond motifs is 1. The van der Waals surface area contributed by atoms with Gasteiger partial charge in [-0.15, -0.1) is 22.0 Å². The quantitative estimate of drug-likeness (QED) is 0.344. The zero-order chi connectivity index (χ0) is 22.3. The van der Waals surface area contributed by atoms with Crippen LogP contribution in [0, 0.1) is 6.92 Å². The van der Waals surface area contributed by atoms with Gasteiger partial charge in [-0.25, -0.2) is 0 Å². The summed E-state index contributed by atoms with van der Waals surface area (Å²) >= 11 is 2.69. The summed E-state index contributed by atoms with van der Waals surface area (Å²) in [5, 5.41) is 16.0. The summed E-state index contributed by atoms with van der Waals surface area (Å²) in [6.07, 6.45) is 2.78. The highest BCUT2D eigenvalue weighted by molar-refractivity contribution is 7.99. The van der Waals surface area contributed by atoms with Gasteiger partial charge in [0.05, 0.1) is 5.75 Å². The molecular formula is C23H23N5O2S2. The number of nitrogens with one attached hydrogen (secondary N) is 3. The van der Waals surface area contributed by atoms with Crippen LogP contribution in [0.5, 0.6) is 0 Å². The number of benzene rings is 2. The fourth-order valence-corrected chi connectivity index (χ4v) is 4.87. The summed E-state index contributed by atoms with van der Waals surface area (Å²) in [5.74, 6) is 0.566. The summed E-state index contributed by atoms with van der Waals surface area (Å²) in [4.78, 5) is 27.7. The summed E-state index contributed by atoms with van der Waals surface area (Å²) in [5.41, 5.74) is 4.24. The highest BCUT2D eigenvalue weighted by Gasteiger charge is 2.13. The van der Waals surface area contributed by atoms with Crippen molar-refractivity contribution in [1.29, 1.82) is 0 Å². The predicted molar refractivity (Wildman–Crippen MR) is 130 cm³/mol. The maximum atomic E-state index is 12.2. The van der Waals surface area contributed by atoms with Crippen LogP contribution in [0.2, 0.25) is 0 Å². The van der Waals surface area contributed by atoms with E-state index in [1.165, 1.54) is 39.6 Å². The molecule has 2 aromatic carbocycles. The number of anilines is 1. The number of aromatic nitrogens is 3. The van der Waals surface area contributed by atoms with Crippen molar-refractivity contribution in [2.75, 3.05) is 17.6 Å². The molecule has 0 fully saturated rings. The van der Waals surface area contributed by atoms with Crippen LogP contribution >= 0.6 is 23.1 Å². The standard InChI is InChI=1S/C23H23N5O2S2/c1-15-7-8-19-18(11-15)16(12-25-19)9-10-24-20(29)13-31-14-21-27-28-23(32-21)22(30)26-17-5-3-2-4-6-17/h2-8,11-12,25H,9-10,13-14H2,1H3,(H,24,29)(H,26,30). The molecule has 4 rings (SSSR count). The smallest absolute Gasteiger partial charge is 0.286 e. The van der Waals surface area contributed by atoms with Crippen LogP contribution in [0.4, 0.5) is 5.69 Å². The van der Waals surface area contributed by atoms with Gasteiger partial charge < -0.3 is 15.6 Å². The minimum atomic E-state index is -0.282. The second-order valence-corrected chi connectivity index (χ2v) is 9.32. The summed E-state index contributed by atoms with van der Waals surface area (Å²) < 4.78 is 0. The molecule has 3 N–H and O–H groups in total. The van der Waals surface area contributed by atoms with Crippen molar-refractivity contribution in [2.45, 2.75) is 19.1 Å². The lowest BCUT2D eigenvalue weighted by molar-refractivity contribution is -0.118. The number of carbonyl (C=O) groups excluding carboxylic acids is 2. The Morgan fingerprint density at radius 3 is 2.81 bits per heavy atom. The molecule has 2 aromatic heterocycles. The van der Waals surface area contributed by atoms with E-state index < -0.39 is 0 Å². The van der Waals surface area contributed by atoms with Crippen molar-refractivity contribution >= 4 is 51.5 Å². The number of rotatable bonds is 9. The lowest BCUT2D eigenvalue weighted by Gasteiger charge is -2.04. The number of amides is 2. The third-order valence-electron chi connectivity index (χ3n) is 4.79. The van der Waals surface area contributed by atoms with Crippen LogP contribution in [0.15, 0.2) is 54.7 Å². The van der Waals surface area contributed by atoms with Crippen molar-refractivity contribution in [2.24, 2.45) is 0 Å². The number of H-pyrrole nitrogens is 1. The Labute approximate surface area is 194 Å². The van der Waals surface area contributed by atoms with Gasteiger partial charge in [0, 0.05) is 35.1 Å². The largest absolute Gasteiger partial charge is 0.361 e. The molecule has 0 aliphatic carbocycles. The topological polar surface area (TPSA) is 99.8 Å². The summed E-state index contributed by atoms with van der Waals surface area (Å²) in [6, 6.07) is 15.5. The molecule has 0 unspecified atom stereocenters. The first kappa shape index (κ1) is 22.0. The van der Waals surface area contributed by atoms with Gasteiger partial charge in [0.25, 0.3) is 5.91 Å². The van der Waals surface area contributed by atoms with Crippen LogP contribution in [0.3, 0.4) is 0 Å². The van der Waals surface area contributed by atoms with Crippen LogP contribution in [-0.2, 0) is 17.0 Å². The first-order valence-corrected chi connectivity index (χ1v) is 12.2. The fourth-order valence-electron chi connectivity index (χ4n) is 3.23. The third kappa shape index (κ3) is 5.74. The molecule has 0 bridgehead atoms. The van der Waals surface area contributed by atoms with Gasteiger partial charge in [0.2, 0.25) is 10.9 Å². The highest BCUT2D eigenvalue weighted by Crippen LogP contribution is 2.20. The second-order valence-electron chi connectivity index (χ2n) is 7.28. The van der Waals surface area contributed by atoms with Gasteiger partial charge in [-0.05, 0) is 43.2 Å². The Balaban J connectivity index is 1.18. The van der Waals surface area contributed by atoms with Gasteiger partial charge in [-0.1, -0.05) is 41.2 Å². The van der Waals surface area contributed by atoms with Gasteiger partial charge in [0.1, 0.15) is 5.01 Å². The normalized spacial score (nSPS) is 10.9. The molecule has 2 heterocycles. The predicted octanol–water partition coefficient (Wildman–Crippen LogP) is 4.17. The molecule has 164 valence electrons. The number of thioether (sulfide) groups is 1. The molecule has 2 amide bonds. The molecule has 32 heavy (non-hydrogen) atoms. The van der Waals surface area contributed by atoms with Crippen molar-refractivity contribution < 1.29 is 9.59 Å². The van der Waals surface area contributed by atoms with E-state index in [0.717, 1.165) is 16.9 Å². The lowest BCUT2D eigenvalue weighted by atomic mass is 10.1. The fraction of sp³-hybridized carbons (Fsp3) is 0.217. The van der Waals surface area contributed by atoms with E-state index in [-0.39, 0.29) is 11.8 Å². The number of hydrogen-bond donors (Lipinski definition) is 3. The van der Waals surface area contributed by atoms with Crippen molar-refractivity contribution in [3.05, 3.63) is 75.9 Å². The molecule has 0 spiro atoms. The highest BCUT2D eigenvalue weighted by atomic mass is 32.2. The third-order valence-corrected chi connectivity index (χ3v) is 6.84. The molecule has 0 saturated heterocycles. The number of hydrogen-bond acceptors (Lipinski definition) is 6. The molecule has 4 aromatic rings. The molecule has 0 radical (unpaired) electrons. The van der Waals surface area contributed by atoms with Crippen molar-refractivity contribution in [3.8, 4) is 0 Å². The van der Waals surface area contributed by atoms with E-state index in [1.54, 1.807) is 0 Å². The zero-order valence-electron chi connectivity index (χ0n) is 17.6. The van der Waals surface area contributed by atoms with Gasteiger partial charge >= 0.3 is 0 Å². The van der Waals surface area contributed by atoms with Crippen LogP contribution in [0.1, 0.15) is 25.9 Å².